The molecular weight excluding hydrogens is 392 g/mol. The summed E-state index contributed by atoms with van der Waals surface area (Å²) in [6.07, 6.45) is 0. The van der Waals surface area contributed by atoms with Gasteiger partial charge < -0.3 is 18.8 Å². The first-order chi connectivity index (χ1) is 14.0. The van der Waals surface area contributed by atoms with Crippen molar-refractivity contribution in [3.8, 4) is 0 Å². The van der Waals surface area contributed by atoms with Crippen LogP contribution in [0, 0.1) is 25.7 Å². The van der Waals surface area contributed by atoms with Crippen LogP contribution in [0.3, 0.4) is 0 Å². The molecule has 1 aliphatic rings. The number of rotatable bonds is 6. The predicted molar refractivity (Wildman–Crippen MR) is 107 cm³/mol. The van der Waals surface area contributed by atoms with Crippen LogP contribution in [0.1, 0.15) is 35.6 Å². The molecule has 0 bridgehead atoms. The molecule has 162 valence electrons. The molecule has 0 aliphatic carbocycles. The number of Topliss-reactive ketones (excluding diaryl/α,β-unsaturated/α-hetero) is 1. The minimum atomic E-state index is -1.33. The molecule has 1 unspecified atom stereocenters. The molecule has 0 amide bonds. The summed E-state index contributed by atoms with van der Waals surface area (Å²) in [5.74, 6) is -5.32. The summed E-state index contributed by atoms with van der Waals surface area (Å²) in [7, 11) is 4.16. The number of aromatic nitrogens is 1. The fourth-order valence-corrected chi connectivity index (χ4v) is 3.54. The Balaban J connectivity index is 2.33. The smallest absolute Gasteiger partial charge is 0.336 e. The van der Waals surface area contributed by atoms with Gasteiger partial charge in [-0.25, -0.2) is 4.79 Å². The molecule has 9 nitrogen and oxygen atoms in total. The normalized spacial score (nSPS) is 18.6. The van der Waals surface area contributed by atoms with E-state index in [-0.39, 0.29) is 17.1 Å². The first-order valence-electron chi connectivity index (χ1n) is 9.29. The molecule has 0 N–H and O–H groups in total. The summed E-state index contributed by atoms with van der Waals surface area (Å²) >= 11 is 0. The van der Waals surface area contributed by atoms with E-state index >= 15 is 0 Å². The highest BCUT2D eigenvalue weighted by molar-refractivity contribution is 6.10. The number of aryl methyl sites for hydroxylation is 1. The molecular formula is C21H26N2O7. The Bertz CT molecular complexity index is 968. The maximum atomic E-state index is 13.0. The number of methoxy groups -OCH3 is 2. The summed E-state index contributed by atoms with van der Waals surface area (Å²) in [6.45, 7) is 6.21. The van der Waals surface area contributed by atoms with Gasteiger partial charge in [-0.05, 0) is 33.8 Å². The lowest BCUT2D eigenvalue weighted by atomic mass is 9.80. The number of esters is 3. The van der Waals surface area contributed by atoms with Crippen LogP contribution in [-0.4, -0.2) is 54.8 Å². The lowest BCUT2D eigenvalue weighted by molar-refractivity contribution is -0.156. The zero-order valence-electron chi connectivity index (χ0n) is 18.2. The van der Waals surface area contributed by atoms with Crippen molar-refractivity contribution in [2.24, 2.45) is 23.9 Å². The summed E-state index contributed by atoms with van der Waals surface area (Å²) in [4.78, 5) is 54.4. The van der Waals surface area contributed by atoms with Crippen molar-refractivity contribution < 1.29 is 33.4 Å². The fourth-order valence-electron chi connectivity index (χ4n) is 3.54. The molecule has 0 saturated heterocycles. The zero-order valence-corrected chi connectivity index (χ0v) is 18.2. The van der Waals surface area contributed by atoms with E-state index in [9.17, 15) is 19.2 Å². The number of carbonyl (C=O) groups excluding carboxylic acids is 4. The van der Waals surface area contributed by atoms with E-state index in [1.54, 1.807) is 19.9 Å². The molecule has 30 heavy (non-hydrogen) atoms. The van der Waals surface area contributed by atoms with Crippen LogP contribution in [0.5, 0.6) is 0 Å². The monoisotopic (exact) mass is 418 g/mol. The minimum absolute atomic E-state index is 0.0947. The molecule has 2 atom stereocenters. The fraction of sp³-hybridized carbons (Fsp3) is 0.476. The van der Waals surface area contributed by atoms with E-state index in [2.05, 4.69) is 4.99 Å². The molecule has 1 aliphatic heterocycles. The molecule has 1 aromatic heterocycles. The number of hydrogen-bond acceptors (Lipinski definition) is 8. The second-order valence-electron chi connectivity index (χ2n) is 7.10. The minimum Gasteiger partial charge on any atom is -0.468 e. The van der Waals surface area contributed by atoms with Crippen molar-refractivity contribution in [2.75, 3.05) is 20.8 Å². The standard InChI is InChI=1S/C21H26N2O7/c1-10-8-14(13(4)23(10)5)15(24)9-30-21(27)18-16(19(25)28-6)11(2)22-12(3)17(18)20(26)29-7/h8,16,18H,9H2,1-7H3/t16?,18-/m1/s1. The van der Waals surface area contributed by atoms with Crippen molar-refractivity contribution >= 4 is 29.4 Å². The molecule has 0 fully saturated rings. The Morgan fingerprint density at radius 3 is 2.13 bits per heavy atom. The van der Waals surface area contributed by atoms with Gasteiger partial charge in [0.1, 0.15) is 11.8 Å². The number of aliphatic imine (C=N–C) groups is 1. The van der Waals surface area contributed by atoms with Crippen molar-refractivity contribution in [2.45, 2.75) is 27.7 Å². The highest BCUT2D eigenvalue weighted by Gasteiger charge is 2.46. The Kier molecular flexibility index (Phi) is 6.96. The molecule has 1 aromatic rings. The molecule has 0 aromatic carbocycles. The second kappa shape index (κ2) is 9.06. The van der Waals surface area contributed by atoms with Crippen LogP contribution in [0.4, 0.5) is 0 Å². The average Bonchev–Trinajstić information content (AvgIpc) is 2.97. The van der Waals surface area contributed by atoms with Crippen LogP contribution in [-0.2, 0) is 35.6 Å². The number of nitrogens with zero attached hydrogens (tertiary/aromatic N) is 2. The summed E-state index contributed by atoms with van der Waals surface area (Å²) in [5.41, 5.74) is 2.51. The first kappa shape index (κ1) is 23.1. The number of carbonyl (C=O) groups is 4. The van der Waals surface area contributed by atoms with Crippen molar-refractivity contribution in [3.05, 3.63) is 34.3 Å². The molecule has 9 heteroatoms. The summed E-state index contributed by atoms with van der Waals surface area (Å²) in [5, 5.41) is 0. The Hall–Kier alpha value is -3.23. The summed E-state index contributed by atoms with van der Waals surface area (Å²) < 4.78 is 16.7. The van der Waals surface area contributed by atoms with E-state index in [1.807, 2.05) is 18.5 Å². The van der Waals surface area contributed by atoms with E-state index < -0.39 is 36.4 Å². The summed E-state index contributed by atoms with van der Waals surface area (Å²) in [6, 6.07) is 1.71. The highest BCUT2D eigenvalue weighted by atomic mass is 16.5. The molecule has 0 radical (unpaired) electrons. The van der Waals surface area contributed by atoms with E-state index in [0.717, 1.165) is 18.5 Å². The van der Waals surface area contributed by atoms with Crippen LogP contribution < -0.4 is 0 Å². The third kappa shape index (κ3) is 4.19. The van der Waals surface area contributed by atoms with E-state index in [4.69, 9.17) is 14.2 Å². The Morgan fingerprint density at radius 1 is 1.00 bits per heavy atom. The van der Waals surface area contributed by atoms with Gasteiger partial charge in [-0.3, -0.25) is 19.4 Å². The highest BCUT2D eigenvalue weighted by Crippen LogP contribution is 2.33. The quantitative estimate of drug-likeness (QED) is 0.392. The van der Waals surface area contributed by atoms with Gasteiger partial charge >= 0.3 is 17.9 Å². The van der Waals surface area contributed by atoms with Gasteiger partial charge in [0.2, 0.25) is 5.78 Å². The maximum absolute atomic E-state index is 13.0. The van der Waals surface area contributed by atoms with Gasteiger partial charge in [0.15, 0.2) is 6.61 Å². The van der Waals surface area contributed by atoms with Gasteiger partial charge in [0.05, 0.1) is 19.8 Å². The number of ketones is 1. The molecule has 2 rings (SSSR count). The third-order valence-corrected chi connectivity index (χ3v) is 5.36. The topological polar surface area (TPSA) is 113 Å². The Morgan fingerprint density at radius 2 is 1.63 bits per heavy atom. The number of allylic oxidation sites excluding steroid dienone is 1. The van der Waals surface area contributed by atoms with Crippen LogP contribution in [0.25, 0.3) is 0 Å². The van der Waals surface area contributed by atoms with E-state index in [1.165, 1.54) is 14.0 Å². The molecule has 0 saturated carbocycles. The van der Waals surface area contributed by atoms with Crippen molar-refractivity contribution in [1.29, 1.82) is 0 Å². The third-order valence-electron chi connectivity index (χ3n) is 5.36. The van der Waals surface area contributed by atoms with Gasteiger partial charge in [-0.15, -0.1) is 0 Å². The average molecular weight is 418 g/mol. The van der Waals surface area contributed by atoms with Crippen molar-refractivity contribution in [1.82, 2.24) is 4.57 Å². The number of ether oxygens (including phenoxy) is 3. The predicted octanol–water partition coefficient (Wildman–Crippen LogP) is 1.69. The second-order valence-corrected chi connectivity index (χ2v) is 7.10. The SMILES string of the molecule is COC(=O)C1=C(C)N=C(C)C(C(=O)OC)[C@H]1C(=O)OCC(=O)c1cc(C)n(C)c1C. The van der Waals surface area contributed by atoms with Crippen LogP contribution in [0.15, 0.2) is 22.3 Å². The van der Waals surface area contributed by atoms with E-state index in [0.29, 0.717) is 11.3 Å². The zero-order chi connectivity index (χ0) is 22.7. The van der Waals surface area contributed by atoms with Gasteiger partial charge in [0, 0.05) is 35.4 Å². The first-order valence-corrected chi connectivity index (χ1v) is 9.29. The lowest BCUT2D eigenvalue weighted by Crippen LogP contribution is -2.42. The largest absolute Gasteiger partial charge is 0.468 e. The van der Waals surface area contributed by atoms with Crippen LogP contribution in [0.2, 0.25) is 0 Å². The van der Waals surface area contributed by atoms with Crippen molar-refractivity contribution in [3.63, 3.8) is 0 Å². The number of hydrogen-bond donors (Lipinski definition) is 0. The van der Waals surface area contributed by atoms with Gasteiger partial charge in [-0.2, -0.15) is 0 Å². The maximum Gasteiger partial charge on any atom is 0.336 e. The molecule has 0 spiro atoms. The van der Waals surface area contributed by atoms with Gasteiger partial charge in [-0.1, -0.05) is 0 Å². The van der Waals surface area contributed by atoms with Crippen LogP contribution >= 0.6 is 0 Å². The lowest BCUT2D eigenvalue weighted by Gasteiger charge is -2.29. The molecule has 2 heterocycles. The van der Waals surface area contributed by atoms with Gasteiger partial charge in [0.25, 0.3) is 0 Å². The Labute approximate surface area is 174 Å².